The lowest BCUT2D eigenvalue weighted by molar-refractivity contribution is -0.387. The molecule has 0 aliphatic rings. The van der Waals surface area contributed by atoms with Crippen LogP contribution in [0.4, 0.5) is 10.1 Å². The van der Waals surface area contributed by atoms with Gasteiger partial charge >= 0.3 is 5.69 Å². The molecule has 1 aromatic rings. The van der Waals surface area contributed by atoms with Gasteiger partial charge in [-0.2, -0.15) is 4.39 Å². The summed E-state index contributed by atoms with van der Waals surface area (Å²) in [5.74, 6) is -1.06. The van der Waals surface area contributed by atoms with Crippen molar-refractivity contribution in [2.45, 2.75) is 11.8 Å². The van der Waals surface area contributed by atoms with Crippen molar-refractivity contribution in [2.24, 2.45) is 0 Å². The van der Waals surface area contributed by atoms with Gasteiger partial charge in [-0.25, -0.2) is 13.1 Å². The second kappa shape index (κ2) is 4.14. The van der Waals surface area contributed by atoms with Crippen molar-refractivity contribution in [1.29, 1.82) is 0 Å². The number of nitrogens with one attached hydrogen (secondary N) is 1. The Morgan fingerprint density at radius 3 is 2.44 bits per heavy atom. The molecule has 1 aromatic carbocycles. The largest absolute Gasteiger partial charge is 0.306 e. The molecule has 8 heteroatoms. The van der Waals surface area contributed by atoms with E-state index < -0.39 is 26.5 Å². The van der Waals surface area contributed by atoms with Crippen molar-refractivity contribution < 1.29 is 17.7 Å². The fourth-order valence-corrected chi connectivity index (χ4v) is 2.15. The van der Waals surface area contributed by atoms with Gasteiger partial charge in [0.05, 0.1) is 9.82 Å². The molecule has 6 nitrogen and oxygen atoms in total. The van der Waals surface area contributed by atoms with Crippen LogP contribution in [0.25, 0.3) is 0 Å². The van der Waals surface area contributed by atoms with Crippen molar-refractivity contribution in [1.82, 2.24) is 4.72 Å². The molecule has 0 aliphatic carbocycles. The van der Waals surface area contributed by atoms with Gasteiger partial charge in [0, 0.05) is 6.07 Å². The topological polar surface area (TPSA) is 89.3 Å². The highest BCUT2D eigenvalue weighted by atomic mass is 32.2. The van der Waals surface area contributed by atoms with Gasteiger partial charge in [0.2, 0.25) is 15.8 Å². The minimum absolute atomic E-state index is 0.109. The molecule has 0 bridgehead atoms. The third-order valence-corrected chi connectivity index (χ3v) is 3.56. The molecule has 0 aliphatic heterocycles. The Hall–Kier alpha value is -1.54. The van der Waals surface area contributed by atoms with E-state index in [1.54, 1.807) is 0 Å². The van der Waals surface area contributed by atoms with Crippen LogP contribution in [0.3, 0.4) is 0 Å². The van der Waals surface area contributed by atoms with Gasteiger partial charge in [0.25, 0.3) is 0 Å². The maximum absolute atomic E-state index is 13.1. The van der Waals surface area contributed by atoms with Crippen molar-refractivity contribution in [2.75, 3.05) is 7.05 Å². The second-order valence-electron chi connectivity index (χ2n) is 3.03. The number of nitrogens with zero attached hydrogens (tertiary/aromatic N) is 1. The Morgan fingerprint density at radius 1 is 1.44 bits per heavy atom. The van der Waals surface area contributed by atoms with Crippen LogP contribution >= 0.6 is 0 Å². The van der Waals surface area contributed by atoms with Crippen LogP contribution in [0.15, 0.2) is 17.0 Å². The van der Waals surface area contributed by atoms with Gasteiger partial charge in [0.15, 0.2) is 0 Å². The maximum atomic E-state index is 13.1. The van der Waals surface area contributed by atoms with E-state index in [0.29, 0.717) is 6.07 Å². The molecule has 0 fully saturated rings. The van der Waals surface area contributed by atoms with Gasteiger partial charge in [-0.15, -0.1) is 0 Å². The fraction of sp³-hybridized carbons (Fsp3) is 0.250. The molecule has 0 saturated carbocycles. The smallest absolute Gasteiger partial charge is 0.258 e. The summed E-state index contributed by atoms with van der Waals surface area (Å²) in [6.45, 7) is 1.36. The number of nitro benzene ring substituents is 1. The third-order valence-electron chi connectivity index (χ3n) is 2.00. The molecule has 0 aromatic heterocycles. The van der Waals surface area contributed by atoms with Gasteiger partial charge in [-0.1, -0.05) is 0 Å². The van der Waals surface area contributed by atoms with E-state index in [2.05, 4.69) is 0 Å². The zero-order valence-corrected chi connectivity index (χ0v) is 9.34. The summed E-state index contributed by atoms with van der Waals surface area (Å²) in [6.07, 6.45) is 0. The Balaban J connectivity index is 3.55. The summed E-state index contributed by atoms with van der Waals surface area (Å²) in [7, 11) is -2.65. The highest BCUT2D eigenvalue weighted by molar-refractivity contribution is 7.89. The number of sulfonamides is 1. The van der Waals surface area contributed by atoms with E-state index in [-0.39, 0.29) is 10.5 Å². The van der Waals surface area contributed by atoms with Gasteiger partial charge in [-0.05, 0) is 25.6 Å². The van der Waals surface area contributed by atoms with Gasteiger partial charge in [-0.3, -0.25) is 10.1 Å². The zero-order valence-electron chi connectivity index (χ0n) is 8.52. The molecule has 0 spiro atoms. The number of halogens is 1. The molecule has 0 heterocycles. The SMILES string of the molecule is CNS(=O)(=O)c1cc([N+](=O)[O-])c(F)cc1C. The number of hydrogen-bond donors (Lipinski definition) is 1. The first-order valence-corrected chi connectivity index (χ1v) is 5.66. The van der Waals surface area contributed by atoms with Gasteiger partial charge in [0.1, 0.15) is 0 Å². The lowest BCUT2D eigenvalue weighted by Crippen LogP contribution is -2.20. The Kier molecular flexibility index (Phi) is 3.24. The summed E-state index contributed by atoms with van der Waals surface area (Å²) < 4.78 is 38.0. The minimum atomic E-state index is -3.82. The maximum Gasteiger partial charge on any atom is 0.306 e. The van der Waals surface area contributed by atoms with E-state index in [4.69, 9.17) is 0 Å². The molecule has 1 N–H and O–H groups in total. The van der Waals surface area contributed by atoms with Gasteiger partial charge < -0.3 is 0 Å². The van der Waals surface area contributed by atoms with E-state index in [9.17, 15) is 22.9 Å². The molecule has 0 unspecified atom stereocenters. The first-order chi connectivity index (χ1) is 7.29. The average molecular weight is 248 g/mol. The molecule has 0 saturated heterocycles. The van der Waals surface area contributed by atoms with Crippen molar-refractivity contribution in [3.63, 3.8) is 0 Å². The Morgan fingerprint density at radius 2 is 2.00 bits per heavy atom. The van der Waals surface area contributed by atoms with E-state index >= 15 is 0 Å². The molecule has 16 heavy (non-hydrogen) atoms. The van der Waals surface area contributed by atoms with E-state index in [1.807, 2.05) is 4.72 Å². The summed E-state index contributed by atoms with van der Waals surface area (Å²) in [5.41, 5.74) is -0.753. The predicted octanol–water partition coefficient (Wildman–Crippen LogP) is 0.950. The van der Waals surface area contributed by atoms with Crippen LogP contribution in [-0.2, 0) is 10.0 Å². The van der Waals surface area contributed by atoms with Crippen LogP contribution in [0.2, 0.25) is 0 Å². The predicted molar refractivity (Wildman–Crippen MR) is 54.0 cm³/mol. The quantitative estimate of drug-likeness (QED) is 0.637. The zero-order chi connectivity index (χ0) is 12.5. The molecule has 88 valence electrons. The lowest BCUT2D eigenvalue weighted by Gasteiger charge is -2.06. The van der Waals surface area contributed by atoms with Crippen LogP contribution < -0.4 is 4.72 Å². The van der Waals surface area contributed by atoms with Crippen molar-refractivity contribution >= 4 is 15.7 Å². The van der Waals surface area contributed by atoms with E-state index in [1.165, 1.54) is 14.0 Å². The summed E-state index contributed by atoms with van der Waals surface area (Å²) in [4.78, 5) is 9.18. The third kappa shape index (κ3) is 2.17. The lowest BCUT2D eigenvalue weighted by atomic mass is 10.2. The van der Waals surface area contributed by atoms with Crippen LogP contribution in [-0.4, -0.2) is 20.4 Å². The first-order valence-electron chi connectivity index (χ1n) is 4.17. The average Bonchev–Trinajstić information content (AvgIpc) is 2.16. The van der Waals surface area contributed by atoms with Crippen molar-refractivity contribution in [3.05, 3.63) is 33.6 Å². The number of nitro groups is 1. The second-order valence-corrected chi connectivity index (χ2v) is 4.89. The molecular formula is C8H9FN2O4S. The molecule has 1 rings (SSSR count). The Labute approximate surface area is 91.3 Å². The van der Waals surface area contributed by atoms with Crippen LogP contribution in [0.1, 0.15) is 5.56 Å². The molecule has 0 amide bonds. The first kappa shape index (κ1) is 12.5. The number of rotatable bonds is 3. The number of benzene rings is 1. The number of hydrogen-bond acceptors (Lipinski definition) is 4. The summed E-state index contributed by atoms with van der Waals surface area (Å²) >= 11 is 0. The monoisotopic (exact) mass is 248 g/mol. The standard InChI is InChI=1S/C8H9FN2O4S/c1-5-3-6(9)7(11(12)13)4-8(5)16(14,15)10-2/h3-4,10H,1-2H3. The van der Waals surface area contributed by atoms with Crippen LogP contribution in [0.5, 0.6) is 0 Å². The highest BCUT2D eigenvalue weighted by Gasteiger charge is 2.23. The van der Waals surface area contributed by atoms with E-state index in [0.717, 1.165) is 6.07 Å². The Bertz CT molecular complexity index is 541. The highest BCUT2D eigenvalue weighted by Crippen LogP contribution is 2.24. The normalized spacial score (nSPS) is 11.4. The molecule has 0 radical (unpaired) electrons. The molecule has 0 atom stereocenters. The summed E-state index contributed by atoms with van der Waals surface area (Å²) in [5, 5.41) is 10.5. The minimum Gasteiger partial charge on any atom is -0.258 e. The fourth-order valence-electron chi connectivity index (χ4n) is 1.18. The number of aryl methyl sites for hydroxylation is 1. The molecular weight excluding hydrogens is 239 g/mol. The summed E-state index contributed by atoms with van der Waals surface area (Å²) in [6, 6.07) is 1.53. The van der Waals surface area contributed by atoms with Crippen LogP contribution in [0, 0.1) is 22.9 Å². The van der Waals surface area contributed by atoms with Crippen molar-refractivity contribution in [3.8, 4) is 0 Å².